The highest BCUT2D eigenvalue weighted by Gasteiger charge is 2.24. The molecule has 1 N–H and O–H groups in total. The summed E-state index contributed by atoms with van der Waals surface area (Å²) in [5, 5.41) is 10.5. The van der Waals surface area contributed by atoms with Gasteiger partial charge in [-0.15, -0.1) is 0 Å². The molecule has 2 rings (SSSR count). The van der Waals surface area contributed by atoms with Crippen molar-refractivity contribution in [2.75, 3.05) is 0 Å². The van der Waals surface area contributed by atoms with E-state index in [0.29, 0.717) is 11.1 Å². The quantitative estimate of drug-likeness (QED) is 0.592. The predicted octanol–water partition coefficient (Wildman–Crippen LogP) is 2.51. The van der Waals surface area contributed by atoms with Gasteiger partial charge in [-0.1, -0.05) is 60.7 Å². The van der Waals surface area contributed by atoms with Crippen LogP contribution in [0.1, 0.15) is 11.1 Å². The first-order valence-corrected chi connectivity index (χ1v) is 5.04. The van der Waals surface area contributed by atoms with E-state index in [1.54, 1.807) is 24.3 Å². The smallest absolute Gasteiger partial charge is 0.138 e. The summed E-state index contributed by atoms with van der Waals surface area (Å²) in [4.78, 5) is 0. The summed E-state index contributed by atoms with van der Waals surface area (Å²) in [7, 11) is 0. The molecule has 2 aromatic rings. The normalized spacial score (nSPS) is 10.8. The van der Waals surface area contributed by atoms with Crippen LogP contribution >= 0.6 is 0 Å². The minimum Gasteiger partial charge on any atom is -0.690 e. The van der Waals surface area contributed by atoms with E-state index in [-0.39, 0.29) is 0 Å². The Morgan fingerprint density at radius 1 is 0.812 bits per heavy atom. The molecular formula is C15H11O-. The Morgan fingerprint density at radius 3 is 1.50 bits per heavy atom. The molecule has 78 valence electrons. The number of aliphatic hydroxyl groups is 1. The Labute approximate surface area is 95.4 Å². The van der Waals surface area contributed by atoms with Crippen molar-refractivity contribution in [2.24, 2.45) is 0 Å². The summed E-state index contributed by atoms with van der Waals surface area (Å²) in [6, 6.07) is 18.2. The summed E-state index contributed by atoms with van der Waals surface area (Å²) in [5.74, 6) is 2.22. The Kier molecular flexibility index (Phi) is 2.76. The van der Waals surface area contributed by atoms with Gasteiger partial charge in [-0.25, -0.2) is 0 Å². The van der Waals surface area contributed by atoms with Gasteiger partial charge in [-0.3, -0.25) is 0 Å². The molecule has 0 amide bonds. The number of hydrogen-bond donors (Lipinski definition) is 1. The number of hydrogen-bond acceptors (Lipinski definition) is 1. The van der Waals surface area contributed by atoms with E-state index >= 15 is 0 Å². The topological polar surface area (TPSA) is 20.2 Å². The molecule has 2 aromatic carbocycles. The lowest BCUT2D eigenvalue weighted by atomic mass is 9.87. The van der Waals surface area contributed by atoms with Crippen LogP contribution in [0.15, 0.2) is 60.7 Å². The third-order valence-corrected chi connectivity index (χ3v) is 2.56. The van der Waals surface area contributed by atoms with Crippen LogP contribution in [-0.4, -0.2) is 5.11 Å². The first-order chi connectivity index (χ1) is 7.77. The summed E-state index contributed by atoms with van der Waals surface area (Å²) >= 11 is 0. The largest absolute Gasteiger partial charge is 0.690 e. The summed E-state index contributed by atoms with van der Waals surface area (Å²) in [5.41, 5.74) is -0.157. The average molecular weight is 207 g/mol. The average Bonchev–Trinajstić information content (AvgIpc) is 2.40. The molecular weight excluding hydrogens is 196 g/mol. The molecule has 0 aliphatic rings. The maximum Gasteiger partial charge on any atom is 0.138 e. The van der Waals surface area contributed by atoms with Gasteiger partial charge in [0.25, 0.3) is 0 Å². The molecule has 0 atom stereocenters. The van der Waals surface area contributed by atoms with Gasteiger partial charge in [0, 0.05) is 0 Å². The Morgan fingerprint density at radius 2 is 1.19 bits per heavy atom. The fourth-order valence-corrected chi connectivity index (χ4v) is 1.67. The van der Waals surface area contributed by atoms with Crippen LogP contribution in [0, 0.1) is 12.3 Å². The first-order valence-electron chi connectivity index (χ1n) is 5.04. The molecule has 1 heteroatoms. The SMILES string of the molecule is [C-]#CC(O)(c1ccccc1)c1ccccc1. The van der Waals surface area contributed by atoms with Crippen molar-refractivity contribution in [1.29, 1.82) is 0 Å². The monoisotopic (exact) mass is 207 g/mol. The van der Waals surface area contributed by atoms with Gasteiger partial charge in [-0.05, 0) is 11.1 Å². The van der Waals surface area contributed by atoms with Crippen LogP contribution in [-0.2, 0) is 5.60 Å². The highest BCUT2D eigenvalue weighted by Crippen LogP contribution is 2.28. The van der Waals surface area contributed by atoms with Gasteiger partial charge < -0.3 is 17.5 Å². The van der Waals surface area contributed by atoms with Crippen LogP contribution in [0.4, 0.5) is 0 Å². The maximum absolute atomic E-state index is 10.5. The maximum atomic E-state index is 10.5. The van der Waals surface area contributed by atoms with E-state index in [0.717, 1.165) is 0 Å². The zero-order valence-corrected chi connectivity index (χ0v) is 8.72. The Bertz CT molecular complexity index is 454. The predicted molar refractivity (Wildman–Crippen MR) is 63.0 cm³/mol. The lowest BCUT2D eigenvalue weighted by molar-refractivity contribution is 0.145. The van der Waals surface area contributed by atoms with E-state index < -0.39 is 5.60 Å². The fourth-order valence-electron chi connectivity index (χ4n) is 1.67. The van der Waals surface area contributed by atoms with Gasteiger partial charge in [0.1, 0.15) is 5.60 Å². The van der Waals surface area contributed by atoms with E-state index in [4.69, 9.17) is 6.42 Å². The van der Waals surface area contributed by atoms with Crippen LogP contribution < -0.4 is 0 Å². The first kappa shape index (κ1) is 10.5. The van der Waals surface area contributed by atoms with Crippen molar-refractivity contribution in [3.05, 3.63) is 78.2 Å². The zero-order chi connectivity index (χ0) is 11.4. The standard InChI is InChI=1S/C15H11O/c1-2-15(16,13-9-5-3-6-10-13)14-11-7-4-8-12-14/h3-12,16H/q-1. The lowest BCUT2D eigenvalue weighted by Gasteiger charge is -2.27. The molecule has 0 heterocycles. The summed E-state index contributed by atoms with van der Waals surface area (Å²) in [6.45, 7) is 0. The lowest BCUT2D eigenvalue weighted by Crippen LogP contribution is -2.24. The minimum absolute atomic E-state index is 0.649. The number of rotatable bonds is 2. The molecule has 0 unspecified atom stereocenters. The van der Waals surface area contributed by atoms with Gasteiger partial charge >= 0.3 is 0 Å². The van der Waals surface area contributed by atoms with Crippen molar-refractivity contribution in [3.8, 4) is 5.92 Å². The van der Waals surface area contributed by atoms with Gasteiger partial charge in [0.05, 0.1) is 0 Å². The third kappa shape index (κ3) is 1.71. The van der Waals surface area contributed by atoms with E-state index in [2.05, 4.69) is 5.92 Å². The molecule has 1 nitrogen and oxygen atoms in total. The second kappa shape index (κ2) is 4.22. The summed E-state index contributed by atoms with van der Waals surface area (Å²) in [6.07, 6.45) is 7.33. The Hall–Kier alpha value is -2.04. The minimum atomic E-state index is -1.46. The van der Waals surface area contributed by atoms with Gasteiger partial charge in [0.15, 0.2) is 0 Å². The fraction of sp³-hybridized carbons (Fsp3) is 0.0667. The molecule has 0 bridgehead atoms. The molecule has 0 fully saturated rings. The van der Waals surface area contributed by atoms with E-state index in [1.807, 2.05) is 36.4 Å². The summed E-state index contributed by atoms with van der Waals surface area (Å²) < 4.78 is 0. The molecule has 0 aliphatic heterocycles. The van der Waals surface area contributed by atoms with E-state index in [9.17, 15) is 5.11 Å². The van der Waals surface area contributed by atoms with Gasteiger partial charge in [-0.2, -0.15) is 0 Å². The van der Waals surface area contributed by atoms with Crippen LogP contribution in [0.3, 0.4) is 0 Å². The highest BCUT2D eigenvalue weighted by molar-refractivity contribution is 5.42. The molecule has 0 saturated carbocycles. The molecule has 16 heavy (non-hydrogen) atoms. The van der Waals surface area contributed by atoms with Crippen molar-refractivity contribution >= 4 is 0 Å². The number of benzene rings is 2. The highest BCUT2D eigenvalue weighted by atomic mass is 16.3. The third-order valence-electron chi connectivity index (χ3n) is 2.56. The Balaban J connectivity index is 2.55. The van der Waals surface area contributed by atoms with Crippen molar-refractivity contribution in [3.63, 3.8) is 0 Å². The molecule has 0 radical (unpaired) electrons. The molecule has 0 aliphatic carbocycles. The van der Waals surface area contributed by atoms with Crippen molar-refractivity contribution in [2.45, 2.75) is 5.60 Å². The molecule has 0 aromatic heterocycles. The van der Waals surface area contributed by atoms with Crippen molar-refractivity contribution in [1.82, 2.24) is 0 Å². The van der Waals surface area contributed by atoms with Gasteiger partial charge in [0.2, 0.25) is 0 Å². The van der Waals surface area contributed by atoms with Crippen molar-refractivity contribution < 1.29 is 5.11 Å². The molecule has 0 spiro atoms. The zero-order valence-electron chi connectivity index (χ0n) is 8.72. The second-order valence-electron chi connectivity index (χ2n) is 3.57. The van der Waals surface area contributed by atoms with Crippen LogP contribution in [0.5, 0.6) is 0 Å². The van der Waals surface area contributed by atoms with E-state index in [1.165, 1.54) is 0 Å². The molecule has 0 saturated heterocycles. The second-order valence-corrected chi connectivity index (χ2v) is 3.57. The van der Waals surface area contributed by atoms with Crippen LogP contribution in [0.2, 0.25) is 0 Å². The van der Waals surface area contributed by atoms with Crippen LogP contribution in [0.25, 0.3) is 0 Å².